The Kier molecular flexibility index (Phi) is 2.33. The number of amides is 2. The highest BCUT2D eigenvalue weighted by Crippen LogP contribution is 2.23. The number of hydrogen-bond donors (Lipinski definition) is 1. The molecule has 0 N–H and O–H groups in total. The first kappa shape index (κ1) is 9.08. The maximum absolute atomic E-state index is 11.3. The van der Waals surface area contributed by atoms with Gasteiger partial charge in [-0.2, -0.15) is 17.6 Å². The molecule has 1 atom stereocenters. The van der Waals surface area contributed by atoms with E-state index in [0.717, 1.165) is 0 Å². The molecule has 0 aromatic rings. The van der Waals surface area contributed by atoms with E-state index in [4.69, 9.17) is 0 Å². The van der Waals surface area contributed by atoms with Crippen LogP contribution in [0.4, 0.5) is 0 Å². The Labute approximate surface area is 85.2 Å². The van der Waals surface area contributed by atoms with Crippen molar-refractivity contribution in [3.8, 4) is 0 Å². The number of aliphatic imine (C=N–C) groups is 1. The minimum atomic E-state index is -0.157. The molecule has 0 radical (unpaired) electrons. The quantitative estimate of drug-likeness (QED) is 0.586. The molecular weight excluding hydrogens is 208 g/mol. The first-order valence-electron chi connectivity index (χ1n) is 3.89. The third-order valence-corrected chi connectivity index (χ3v) is 3.19. The zero-order valence-electron chi connectivity index (χ0n) is 6.77. The fraction of sp³-hybridized carbons (Fsp3) is 0.571. The van der Waals surface area contributed by atoms with Gasteiger partial charge in [-0.3, -0.25) is 14.5 Å². The minimum absolute atomic E-state index is 0.0148. The molecule has 0 bridgehead atoms. The van der Waals surface area contributed by atoms with Gasteiger partial charge >= 0.3 is 0 Å². The first-order chi connectivity index (χ1) is 6.16. The number of likely N-dealkylation sites (tertiary alicyclic amines) is 1. The van der Waals surface area contributed by atoms with E-state index in [1.807, 2.05) is 0 Å². The molecule has 4 nitrogen and oxygen atoms in total. The number of thioether (sulfide) groups is 1. The second-order valence-electron chi connectivity index (χ2n) is 2.94. The number of nitrogens with zero attached hydrogens (tertiary/aromatic N) is 2. The fourth-order valence-corrected chi connectivity index (χ4v) is 2.44. The van der Waals surface area contributed by atoms with Crippen molar-refractivity contribution in [2.45, 2.75) is 11.7 Å². The van der Waals surface area contributed by atoms with Gasteiger partial charge < -0.3 is 0 Å². The van der Waals surface area contributed by atoms with Crippen LogP contribution in [0.2, 0.25) is 0 Å². The molecule has 0 spiro atoms. The molecule has 0 saturated carbocycles. The SMILES string of the molecule is O=C1CSC(N2CC(S)CC2=O)=N1. The highest BCUT2D eigenvalue weighted by Gasteiger charge is 2.33. The van der Waals surface area contributed by atoms with Crippen LogP contribution in [0.5, 0.6) is 0 Å². The Morgan fingerprint density at radius 2 is 2.31 bits per heavy atom. The summed E-state index contributed by atoms with van der Waals surface area (Å²) in [5.74, 6) is 0.215. The second-order valence-corrected chi connectivity index (χ2v) is 4.61. The van der Waals surface area contributed by atoms with Crippen LogP contribution in [0, 0.1) is 0 Å². The molecule has 2 rings (SSSR count). The Bertz CT molecular complexity index is 303. The van der Waals surface area contributed by atoms with Gasteiger partial charge in [0.05, 0.1) is 5.75 Å². The Morgan fingerprint density at radius 3 is 2.77 bits per heavy atom. The Hall–Kier alpha value is -0.490. The molecule has 13 heavy (non-hydrogen) atoms. The van der Waals surface area contributed by atoms with Gasteiger partial charge in [0.25, 0.3) is 5.91 Å². The van der Waals surface area contributed by atoms with E-state index in [1.54, 1.807) is 4.90 Å². The molecule has 2 aliphatic heterocycles. The molecule has 70 valence electrons. The maximum Gasteiger partial charge on any atom is 0.258 e. The van der Waals surface area contributed by atoms with Crippen molar-refractivity contribution >= 4 is 41.4 Å². The van der Waals surface area contributed by atoms with Crippen molar-refractivity contribution in [2.24, 2.45) is 4.99 Å². The number of rotatable bonds is 0. The second kappa shape index (κ2) is 3.34. The lowest BCUT2D eigenvalue weighted by atomic mass is 10.4. The highest BCUT2D eigenvalue weighted by molar-refractivity contribution is 8.14. The van der Waals surface area contributed by atoms with E-state index >= 15 is 0 Å². The third kappa shape index (κ3) is 1.73. The van der Waals surface area contributed by atoms with Crippen LogP contribution in [0.15, 0.2) is 4.99 Å². The molecule has 2 amide bonds. The summed E-state index contributed by atoms with van der Waals surface area (Å²) >= 11 is 5.54. The zero-order chi connectivity index (χ0) is 9.42. The van der Waals surface area contributed by atoms with Gasteiger partial charge in [-0.15, -0.1) is 0 Å². The predicted octanol–water partition coefficient (Wildman–Crippen LogP) is 0.146. The monoisotopic (exact) mass is 216 g/mol. The summed E-state index contributed by atoms with van der Waals surface area (Å²) in [4.78, 5) is 27.5. The van der Waals surface area contributed by atoms with Crippen molar-refractivity contribution in [3.05, 3.63) is 0 Å². The molecular formula is C7H8N2O2S2. The average molecular weight is 216 g/mol. The van der Waals surface area contributed by atoms with Crippen LogP contribution in [0.25, 0.3) is 0 Å². The van der Waals surface area contributed by atoms with Gasteiger partial charge in [0.15, 0.2) is 5.17 Å². The third-order valence-electron chi connectivity index (χ3n) is 1.88. The van der Waals surface area contributed by atoms with E-state index in [0.29, 0.717) is 23.9 Å². The van der Waals surface area contributed by atoms with E-state index in [1.165, 1.54) is 11.8 Å². The van der Waals surface area contributed by atoms with Crippen LogP contribution >= 0.6 is 24.4 Å². The molecule has 0 aromatic carbocycles. The van der Waals surface area contributed by atoms with E-state index in [2.05, 4.69) is 17.6 Å². The topological polar surface area (TPSA) is 49.7 Å². The van der Waals surface area contributed by atoms with Crippen LogP contribution < -0.4 is 0 Å². The van der Waals surface area contributed by atoms with Gasteiger partial charge in [0.1, 0.15) is 0 Å². The number of thiol groups is 1. The summed E-state index contributed by atoms with van der Waals surface area (Å²) in [6.45, 7) is 0.570. The molecule has 1 fully saturated rings. The maximum atomic E-state index is 11.3. The standard InChI is InChI=1S/C7H8N2O2S2/c10-5-3-13-7(8-5)9-2-4(12)1-6(9)11/h4,12H,1-3H2. The van der Waals surface area contributed by atoms with Gasteiger partial charge in [-0.05, 0) is 0 Å². The van der Waals surface area contributed by atoms with Crippen molar-refractivity contribution in [3.63, 3.8) is 0 Å². The summed E-state index contributed by atoms with van der Waals surface area (Å²) in [5.41, 5.74) is 0. The number of carbonyl (C=O) groups excluding carboxylic acids is 2. The number of amidine groups is 1. The fourth-order valence-electron chi connectivity index (χ4n) is 1.31. The van der Waals surface area contributed by atoms with Crippen LogP contribution in [0.3, 0.4) is 0 Å². The molecule has 6 heteroatoms. The molecule has 1 saturated heterocycles. The highest BCUT2D eigenvalue weighted by atomic mass is 32.2. The molecule has 0 aliphatic carbocycles. The molecule has 0 aromatic heterocycles. The predicted molar refractivity (Wildman–Crippen MR) is 54.0 cm³/mol. The van der Waals surface area contributed by atoms with Crippen molar-refractivity contribution < 1.29 is 9.59 Å². The summed E-state index contributed by atoms with van der Waals surface area (Å²) in [6.07, 6.45) is 0.441. The lowest BCUT2D eigenvalue weighted by molar-refractivity contribution is -0.124. The smallest absolute Gasteiger partial charge is 0.258 e. The van der Waals surface area contributed by atoms with Gasteiger partial charge in [-0.25, -0.2) is 0 Å². The van der Waals surface area contributed by atoms with Gasteiger partial charge in [0, 0.05) is 18.2 Å². The van der Waals surface area contributed by atoms with Crippen LogP contribution in [-0.2, 0) is 9.59 Å². The normalized spacial score (nSPS) is 28.5. The van der Waals surface area contributed by atoms with Gasteiger partial charge in [0.2, 0.25) is 5.91 Å². The Morgan fingerprint density at radius 1 is 1.54 bits per heavy atom. The van der Waals surface area contributed by atoms with Crippen molar-refractivity contribution in [2.75, 3.05) is 12.3 Å². The number of carbonyl (C=O) groups is 2. The van der Waals surface area contributed by atoms with E-state index < -0.39 is 0 Å². The van der Waals surface area contributed by atoms with Gasteiger partial charge in [-0.1, -0.05) is 11.8 Å². The minimum Gasteiger partial charge on any atom is -0.290 e. The van der Waals surface area contributed by atoms with Crippen LogP contribution in [-0.4, -0.2) is 39.4 Å². The van der Waals surface area contributed by atoms with E-state index in [9.17, 15) is 9.59 Å². The summed E-state index contributed by atoms with van der Waals surface area (Å²) < 4.78 is 0. The summed E-state index contributed by atoms with van der Waals surface area (Å²) in [6, 6.07) is 0. The lowest BCUT2D eigenvalue weighted by Gasteiger charge is -2.13. The average Bonchev–Trinajstić information content (AvgIpc) is 2.58. The zero-order valence-corrected chi connectivity index (χ0v) is 8.48. The summed E-state index contributed by atoms with van der Waals surface area (Å²) in [5, 5.41) is 0.623. The molecule has 2 aliphatic rings. The molecule has 2 heterocycles. The molecule has 1 unspecified atom stereocenters. The lowest BCUT2D eigenvalue weighted by Crippen LogP contribution is -2.29. The largest absolute Gasteiger partial charge is 0.290 e. The number of hydrogen-bond acceptors (Lipinski definition) is 4. The first-order valence-corrected chi connectivity index (χ1v) is 5.40. The van der Waals surface area contributed by atoms with Crippen LogP contribution in [0.1, 0.15) is 6.42 Å². The van der Waals surface area contributed by atoms with Crippen molar-refractivity contribution in [1.29, 1.82) is 0 Å². The van der Waals surface area contributed by atoms with Crippen molar-refractivity contribution in [1.82, 2.24) is 4.90 Å². The summed E-state index contributed by atoms with van der Waals surface area (Å²) in [7, 11) is 0. The Balaban J connectivity index is 2.13. The van der Waals surface area contributed by atoms with E-state index in [-0.39, 0.29) is 17.1 Å².